The van der Waals surface area contributed by atoms with Crippen LogP contribution in [0.5, 0.6) is 0 Å². The molecule has 0 aliphatic heterocycles. The summed E-state index contributed by atoms with van der Waals surface area (Å²) in [4.78, 5) is -0.178. The minimum atomic E-state index is -4.27. The normalized spacial score (nSPS) is 11.8. The van der Waals surface area contributed by atoms with Gasteiger partial charge in [-0.25, -0.2) is 8.42 Å². The van der Waals surface area contributed by atoms with E-state index in [2.05, 4.69) is 36.7 Å². The monoisotopic (exact) mass is 491 g/mol. The van der Waals surface area contributed by atoms with Crippen molar-refractivity contribution in [3.05, 3.63) is 29.8 Å². The van der Waals surface area contributed by atoms with Crippen molar-refractivity contribution in [3.8, 4) is 0 Å². The fourth-order valence-corrected chi connectivity index (χ4v) is 4.26. The second-order valence-corrected chi connectivity index (χ2v) is 10.1. The number of quaternary nitrogens is 1. The lowest BCUT2D eigenvalue weighted by Gasteiger charge is -2.39. The van der Waals surface area contributed by atoms with Gasteiger partial charge in [0, 0.05) is 5.33 Å². The number of hydrogen-bond acceptors (Lipinski definition) is 3. The predicted octanol–water partition coefficient (Wildman–Crippen LogP) is 6.28. The molecule has 0 radical (unpaired) electrons. The third-order valence-corrected chi connectivity index (χ3v) is 6.69. The van der Waals surface area contributed by atoms with Gasteiger partial charge in [-0.15, -0.1) is 0 Å². The second-order valence-electron chi connectivity index (χ2n) is 7.96. The van der Waals surface area contributed by atoms with Gasteiger partial charge in [0.2, 0.25) is 0 Å². The van der Waals surface area contributed by atoms with Crippen LogP contribution >= 0.6 is 15.9 Å². The smallest absolute Gasteiger partial charge is 0.124 e. The molecule has 0 unspecified atom stereocenters. The molecule has 1 aromatic carbocycles. The summed E-state index contributed by atoms with van der Waals surface area (Å²) in [7, 11) is -4.27. The van der Waals surface area contributed by atoms with Gasteiger partial charge in [0.25, 0.3) is 0 Å². The number of benzene rings is 1. The summed E-state index contributed by atoms with van der Waals surface area (Å²) in [5.41, 5.74) is 0.928. The van der Waals surface area contributed by atoms with Gasteiger partial charge in [0.15, 0.2) is 0 Å². The van der Waals surface area contributed by atoms with Crippen molar-refractivity contribution in [1.29, 1.82) is 0 Å². The Morgan fingerprint density at radius 3 is 1.55 bits per heavy atom. The van der Waals surface area contributed by atoms with E-state index in [1.165, 1.54) is 99.5 Å². The molecule has 0 aliphatic rings. The lowest BCUT2D eigenvalue weighted by Crippen LogP contribution is -2.50. The van der Waals surface area contributed by atoms with Crippen LogP contribution in [-0.4, -0.2) is 49.0 Å². The summed E-state index contributed by atoms with van der Waals surface area (Å²) >= 11 is 3.57. The molecule has 0 aliphatic carbocycles. The Kier molecular flexibility index (Phi) is 16.0. The Morgan fingerprint density at radius 2 is 1.21 bits per heavy atom. The van der Waals surface area contributed by atoms with Crippen LogP contribution in [0.15, 0.2) is 29.2 Å². The van der Waals surface area contributed by atoms with E-state index in [1.54, 1.807) is 12.1 Å². The maximum Gasteiger partial charge on any atom is 0.124 e. The average molecular weight is 493 g/mol. The summed E-state index contributed by atoms with van der Waals surface area (Å²) in [5.74, 6) is 0. The fraction of sp³-hybridized carbons (Fsp3) is 0.739. The number of aryl methyl sites for hydroxylation is 1. The Bertz CT molecular complexity index is 596. The molecule has 1 rings (SSSR count). The van der Waals surface area contributed by atoms with E-state index >= 15 is 0 Å². The fourth-order valence-electron chi connectivity index (χ4n) is 3.40. The Hall–Kier alpha value is -0.430. The molecule has 170 valence electrons. The highest BCUT2D eigenvalue weighted by molar-refractivity contribution is 9.09. The predicted molar refractivity (Wildman–Crippen MR) is 127 cm³/mol. The van der Waals surface area contributed by atoms with Crippen LogP contribution in [0.4, 0.5) is 0 Å². The Morgan fingerprint density at radius 1 is 0.793 bits per heavy atom. The van der Waals surface area contributed by atoms with E-state index < -0.39 is 10.1 Å². The molecule has 0 saturated heterocycles. The van der Waals surface area contributed by atoms with Crippen molar-refractivity contribution in [2.24, 2.45) is 0 Å². The molecule has 0 amide bonds. The van der Waals surface area contributed by atoms with Crippen molar-refractivity contribution in [3.63, 3.8) is 0 Å². The summed E-state index contributed by atoms with van der Waals surface area (Å²) < 4.78 is 32.6. The first-order chi connectivity index (χ1) is 13.7. The molecule has 0 saturated carbocycles. The number of alkyl halides is 1. The van der Waals surface area contributed by atoms with Crippen molar-refractivity contribution in [1.82, 2.24) is 0 Å². The third-order valence-electron chi connectivity index (χ3n) is 5.28. The highest BCUT2D eigenvalue weighted by Gasteiger charge is 2.24. The minimum Gasteiger partial charge on any atom is -0.744 e. The van der Waals surface area contributed by atoms with Crippen LogP contribution in [0, 0.1) is 6.92 Å². The maximum atomic E-state index is 10.4. The molecule has 4 nitrogen and oxygen atoms in total. The first-order valence-corrected chi connectivity index (χ1v) is 13.7. The number of hydrogen-bond donors (Lipinski definition) is 0. The van der Waals surface area contributed by atoms with E-state index in [4.69, 9.17) is 0 Å². The number of unbranched alkanes of at least 4 members (excludes halogenated alkanes) is 4. The number of rotatable bonds is 14. The molecule has 0 spiro atoms. The molecular formula is C23H42BrNO3S. The lowest BCUT2D eigenvalue weighted by atomic mass is 10.1. The Labute approximate surface area is 188 Å². The molecule has 0 heterocycles. The van der Waals surface area contributed by atoms with Crippen molar-refractivity contribution in [2.75, 3.05) is 31.5 Å². The zero-order valence-corrected chi connectivity index (χ0v) is 21.4. The molecule has 29 heavy (non-hydrogen) atoms. The van der Waals surface area contributed by atoms with E-state index in [0.717, 1.165) is 5.56 Å². The zero-order valence-electron chi connectivity index (χ0n) is 19.0. The van der Waals surface area contributed by atoms with Crippen LogP contribution in [0.25, 0.3) is 0 Å². The van der Waals surface area contributed by atoms with Crippen molar-refractivity contribution < 1.29 is 17.5 Å². The molecule has 0 aromatic heterocycles. The number of halogens is 1. The van der Waals surface area contributed by atoms with Crippen molar-refractivity contribution in [2.45, 2.75) is 84.0 Å². The molecule has 1 aromatic rings. The van der Waals surface area contributed by atoms with E-state index in [9.17, 15) is 13.0 Å². The summed E-state index contributed by atoms with van der Waals surface area (Å²) in [6.07, 6.45) is 11.0. The van der Waals surface area contributed by atoms with Gasteiger partial charge in [-0.2, -0.15) is 0 Å². The highest BCUT2D eigenvalue weighted by atomic mass is 79.9. The summed E-state index contributed by atoms with van der Waals surface area (Å²) in [6.45, 7) is 14.5. The standard InChI is InChI=1S/C16H35BrN.C7H8O3S/c1-4-7-13-18(14-8-5-2,15-9-6-3)16-11-10-12-17;1-6-2-4-7(5-3-6)11(8,9)10/h4-16H2,1-3H3;2-5H,1H3,(H,8,9,10)/q+1;/p-1. The number of nitrogens with zero attached hydrogens (tertiary/aromatic N) is 1. The van der Waals surface area contributed by atoms with Gasteiger partial charge >= 0.3 is 0 Å². The first kappa shape index (κ1) is 28.6. The van der Waals surface area contributed by atoms with Gasteiger partial charge in [-0.05, 0) is 51.2 Å². The van der Waals surface area contributed by atoms with Crippen LogP contribution in [0.1, 0.15) is 77.7 Å². The van der Waals surface area contributed by atoms with E-state index in [1.807, 2.05) is 6.92 Å². The molecule has 0 fully saturated rings. The lowest BCUT2D eigenvalue weighted by molar-refractivity contribution is -0.929. The van der Waals surface area contributed by atoms with Crippen LogP contribution in [-0.2, 0) is 10.1 Å². The molecule has 0 atom stereocenters. The molecule has 0 bridgehead atoms. The van der Waals surface area contributed by atoms with Gasteiger partial charge < -0.3 is 9.04 Å². The second kappa shape index (κ2) is 16.3. The maximum absolute atomic E-state index is 10.4. The first-order valence-electron chi connectivity index (χ1n) is 11.2. The highest BCUT2D eigenvalue weighted by Crippen LogP contribution is 2.17. The molecule has 6 heteroatoms. The van der Waals surface area contributed by atoms with Crippen LogP contribution in [0.2, 0.25) is 0 Å². The van der Waals surface area contributed by atoms with Gasteiger partial charge in [0.1, 0.15) is 10.1 Å². The topological polar surface area (TPSA) is 57.2 Å². The van der Waals surface area contributed by atoms with Gasteiger partial charge in [0.05, 0.1) is 31.1 Å². The summed E-state index contributed by atoms with van der Waals surface area (Å²) in [6, 6.07) is 5.78. The van der Waals surface area contributed by atoms with Gasteiger partial charge in [-0.3, -0.25) is 0 Å². The minimum absolute atomic E-state index is 0.178. The van der Waals surface area contributed by atoms with Gasteiger partial charge in [-0.1, -0.05) is 73.7 Å². The third kappa shape index (κ3) is 13.5. The van der Waals surface area contributed by atoms with E-state index in [0.29, 0.717) is 0 Å². The molecule has 0 N–H and O–H groups in total. The quantitative estimate of drug-likeness (QED) is 0.133. The average Bonchev–Trinajstić information content (AvgIpc) is 2.69. The van der Waals surface area contributed by atoms with Crippen molar-refractivity contribution >= 4 is 26.0 Å². The van der Waals surface area contributed by atoms with E-state index in [-0.39, 0.29) is 4.90 Å². The van der Waals surface area contributed by atoms with Crippen LogP contribution < -0.4 is 0 Å². The SMILES string of the molecule is CCCC[N+](CCCC)(CCCC)CCCCBr.Cc1ccc(S(=O)(=O)[O-])cc1. The Balaban J connectivity index is 0.000000604. The zero-order chi connectivity index (χ0) is 22.2. The van der Waals surface area contributed by atoms with Crippen LogP contribution in [0.3, 0.4) is 0 Å². The summed E-state index contributed by atoms with van der Waals surface area (Å²) in [5, 5.41) is 1.17. The molecular weight excluding hydrogens is 450 g/mol. The largest absolute Gasteiger partial charge is 0.744 e.